The number of ether oxygens (including phenoxy) is 1. The van der Waals surface area contributed by atoms with E-state index in [2.05, 4.69) is 10.2 Å². The number of hydrogen-bond donors (Lipinski definition) is 1. The summed E-state index contributed by atoms with van der Waals surface area (Å²) in [5.74, 6) is 0.0406. The third-order valence-corrected chi connectivity index (χ3v) is 5.08. The van der Waals surface area contributed by atoms with Crippen molar-refractivity contribution in [1.82, 2.24) is 10.2 Å². The first kappa shape index (κ1) is 18.2. The molecule has 1 heterocycles. The van der Waals surface area contributed by atoms with E-state index in [1.54, 1.807) is 0 Å². The van der Waals surface area contributed by atoms with Gasteiger partial charge in [0, 0.05) is 30.7 Å². The van der Waals surface area contributed by atoms with Crippen LogP contribution in [0.3, 0.4) is 0 Å². The molecular weight excluding hydrogens is 312 g/mol. The Morgan fingerprint density at radius 1 is 1.09 bits per heavy atom. The Kier molecular flexibility index (Phi) is 6.88. The zero-order chi connectivity index (χ0) is 15.3. The van der Waals surface area contributed by atoms with E-state index >= 15 is 0 Å². The van der Waals surface area contributed by atoms with Gasteiger partial charge in [0.15, 0.2) is 0 Å². The Bertz CT molecular complexity index is 483. The third kappa shape index (κ3) is 4.46. The Hall–Kier alpha value is -1.10. The van der Waals surface area contributed by atoms with Crippen LogP contribution in [0, 0.1) is 0 Å². The maximum atomic E-state index is 12.4. The lowest BCUT2D eigenvalue weighted by molar-refractivity contribution is -0.0361. The maximum absolute atomic E-state index is 12.4. The van der Waals surface area contributed by atoms with Crippen molar-refractivity contribution >= 4 is 18.3 Å². The fourth-order valence-electron chi connectivity index (χ4n) is 3.79. The number of carbonyl (C=O) groups is 1. The van der Waals surface area contributed by atoms with E-state index in [1.165, 1.54) is 32.1 Å². The van der Waals surface area contributed by atoms with Gasteiger partial charge in [0.1, 0.15) is 0 Å². The standard InChI is InChI=1S/C18H26N2O2.ClH/c21-17(16-7-3-1-4-8-16)19-15-18(9-5-2-6-10-18)20-11-13-22-14-12-20;/h1,3-4,7-8H,2,5-6,9-15H2,(H,19,21);1H. The summed E-state index contributed by atoms with van der Waals surface area (Å²) in [4.78, 5) is 14.9. The Balaban J connectivity index is 0.00000192. The maximum Gasteiger partial charge on any atom is 0.251 e. The van der Waals surface area contributed by atoms with Crippen LogP contribution in [0.4, 0.5) is 0 Å². The minimum atomic E-state index is 0. The van der Waals surface area contributed by atoms with Crippen LogP contribution in [-0.4, -0.2) is 49.2 Å². The van der Waals surface area contributed by atoms with Crippen molar-refractivity contribution in [3.8, 4) is 0 Å². The van der Waals surface area contributed by atoms with Crippen LogP contribution < -0.4 is 5.32 Å². The Morgan fingerprint density at radius 3 is 2.39 bits per heavy atom. The van der Waals surface area contributed by atoms with Crippen molar-refractivity contribution in [2.45, 2.75) is 37.6 Å². The van der Waals surface area contributed by atoms with Gasteiger partial charge < -0.3 is 10.1 Å². The summed E-state index contributed by atoms with van der Waals surface area (Å²) in [5, 5.41) is 3.19. The summed E-state index contributed by atoms with van der Waals surface area (Å²) in [6.07, 6.45) is 6.21. The van der Waals surface area contributed by atoms with Gasteiger partial charge in [-0.3, -0.25) is 9.69 Å². The van der Waals surface area contributed by atoms with Gasteiger partial charge in [-0.15, -0.1) is 12.4 Å². The molecule has 1 saturated carbocycles. The molecule has 0 aromatic heterocycles. The minimum Gasteiger partial charge on any atom is -0.379 e. The van der Waals surface area contributed by atoms with Gasteiger partial charge in [-0.25, -0.2) is 0 Å². The highest BCUT2D eigenvalue weighted by molar-refractivity contribution is 5.94. The van der Waals surface area contributed by atoms with Crippen molar-refractivity contribution in [3.05, 3.63) is 35.9 Å². The largest absolute Gasteiger partial charge is 0.379 e. The molecule has 23 heavy (non-hydrogen) atoms. The molecule has 4 nitrogen and oxygen atoms in total. The molecule has 1 aromatic rings. The highest BCUT2D eigenvalue weighted by atomic mass is 35.5. The molecule has 0 spiro atoms. The number of amides is 1. The summed E-state index contributed by atoms with van der Waals surface area (Å²) in [5.41, 5.74) is 0.877. The summed E-state index contributed by atoms with van der Waals surface area (Å²) in [7, 11) is 0. The summed E-state index contributed by atoms with van der Waals surface area (Å²) >= 11 is 0. The van der Waals surface area contributed by atoms with E-state index in [1.807, 2.05) is 30.3 Å². The van der Waals surface area contributed by atoms with E-state index in [0.717, 1.165) is 38.4 Å². The quantitative estimate of drug-likeness (QED) is 0.917. The predicted octanol–water partition coefficient (Wildman–Crippen LogP) is 2.87. The first-order valence-electron chi connectivity index (χ1n) is 8.46. The lowest BCUT2D eigenvalue weighted by Crippen LogP contribution is -2.59. The van der Waals surface area contributed by atoms with Gasteiger partial charge in [0.2, 0.25) is 0 Å². The lowest BCUT2D eigenvalue weighted by atomic mass is 9.79. The molecule has 0 atom stereocenters. The fraction of sp³-hybridized carbons (Fsp3) is 0.611. The Morgan fingerprint density at radius 2 is 1.74 bits per heavy atom. The van der Waals surface area contributed by atoms with Crippen molar-refractivity contribution in [3.63, 3.8) is 0 Å². The van der Waals surface area contributed by atoms with Crippen LogP contribution in [-0.2, 0) is 4.74 Å². The number of carbonyl (C=O) groups excluding carboxylic acids is 1. The minimum absolute atomic E-state index is 0. The van der Waals surface area contributed by atoms with Crippen LogP contribution in [0.25, 0.3) is 0 Å². The number of nitrogens with zero attached hydrogens (tertiary/aromatic N) is 1. The lowest BCUT2D eigenvalue weighted by Gasteiger charge is -2.48. The van der Waals surface area contributed by atoms with Gasteiger partial charge in [0.25, 0.3) is 5.91 Å². The molecule has 3 rings (SSSR count). The molecule has 0 radical (unpaired) electrons. The zero-order valence-corrected chi connectivity index (χ0v) is 14.4. The predicted molar refractivity (Wildman–Crippen MR) is 94.2 cm³/mol. The summed E-state index contributed by atoms with van der Waals surface area (Å²) in [6, 6.07) is 9.50. The number of halogens is 1. The van der Waals surface area contributed by atoms with E-state index in [-0.39, 0.29) is 23.9 Å². The van der Waals surface area contributed by atoms with Crippen molar-refractivity contribution in [2.24, 2.45) is 0 Å². The molecule has 0 unspecified atom stereocenters. The molecule has 1 aliphatic heterocycles. The molecule has 1 saturated heterocycles. The van der Waals surface area contributed by atoms with Gasteiger partial charge in [-0.05, 0) is 25.0 Å². The van der Waals surface area contributed by atoms with Crippen LogP contribution in [0.15, 0.2) is 30.3 Å². The van der Waals surface area contributed by atoms with E-state index < -0.39 is 0 Å². The van der Waals surface area contributed by atoms with Gasteiger partial charge in [0.05, 0.1) is 13.2 Å². The van der Waals surface area contributed by atoms with E-state index in [4.69, 9.17) is 4.74 Å². The van der Waals surface area contributed by atoms with Crippen LogP contribution >= 0.6 is 12.4 Å². The number of rotatable bonds is 4. The van der Waals surface area contributed by atoms with Gasteiger partial charge in [-0.2, -0.15) is 0 Å². The van der Waals surface area contributed by atoms with Crippen molar-refractivity contribution in [1.29, 1.82) is 0 Å². The highest BCUT2D eigenvalue weighted by Gasteiger charge is 2.38. The molecule has 0 bridgehead atoms. The van der Waals surface area contributed by atoms with Crippen LogP contribution in [0.1, 0.15) is 42.5 Å². The third-order valence-electron chi connectivity index (χ3n) is 5.08. The number of nitrogens with one attached hydrogen (secondary N) is 1. The van der Waals surface area contributed by atoms with Crippen molar-refractivity contribution < 1.29 is 9.53 Å². The second-order valence-electron chi connectivity index (χ2n) is 6.43. The normalized spacial score (nSPS) is 21.2. The molecule has 2 fully saturated rings. The summed E-state index contributed by atoms with van der Waals surface area (Å²) < 4.78 is 5.50. The number of morpholine rings is 1. The molecule has 1 aliphatic carbocycles. The van der Waals surface area contributed by atoms with Crippen molar-refractivity contribution in [2.75, 3.05) is 32.8 Å². The highest BCUT2D eigenvalue weighted by Crippen LogP contribution is 2.33. The number of hydrogen-bond acceptors (Lipinski definition) is 3. The molecular formula is C18H27ClN2O2. The summed E-state index contributed by atoms with van der Waals surface area (Å²) in [6.45, 7) is 4.35. The van der Waals surface area contributed by atoms with Crippen LogP contribution in [0.2, 0.25) is 0 Å². The van der Waals surface area contributed by atoms with E-state index in [9.17, 15) is 4.79 Å². The molecule has 1 amide bonds. The van der Waals surface area contributed by atoms with E-state index in [0.29, 0.717) is 0 Å². The molecule has 1 N–H and O–H groups in total. The zero-order valence-electron chi connectivity index (χ0n) is 13.6. The monoisotopic (exact) mass is 338 g/mol. The fourth-order valence-corrected chi connectivity index (χ4v) is 3.79. The van der Waals surface area contributed by atoms with Crippen LogP contribution in [0.5, 0.6) is 0 Å². The smallest absolute Gasteiger partial charge is 0.251 e. The average Bonchev–Trinajstić information content (AvgIpc) is 2.62. The Labute approximate surface area is 145 Å². The molecule has 2 aliphatic rings. The molecule has 5 heteroatoms. The molecule has 128 valence electrons. The average molecular weight is 339 g/mol. The topological polar surface area (TPSA) is 41.6 Å². The second kappa shape index (κ2) is 8.67. The number of benzene rings is 1. The first-order chi connectivity index (χ1) is 10.8. The van der Waals surface area contributed by atoms with Gasteiger partial charge >= 0.3 is 0 Å². The SMILES string of the molecule is Cl.O=C(NCC1(N2CCOCC2)CCCCC1)c1ccccc1. The second-order valence-corrected chi connectivity index (χ2v) is 6.43. The molecule has 1 aromatic carbocycles. The van der Waals surface area contributed by atoms with Gasteiger partial charge in [-0.1, -0.05) is 37.5 Å². The first-order valence-corrected chi connectivity index (χ1v) is 8.46.